The summed E-state index contributed by atoms with van der Waals surface area (Å²) in [5.41, 5.74) is 4.37. The molecule has 0 bridgehead atoms. The molecule has 5 aromatic rings. The molecule has 0 saturated heterocycles. The molecular weight excluding hydrogens is 446 g/mol. The lowest BCUT2D eigenvalue weighted by molar-refractivity contribution is 0.591. The van der Waals surface area contributed by atoms with Crippen LogP contribution >= 0.6 is 0 Å². The van der Waals surface area contributed by atoms with Crippen LogP contribution in [0, 0.1) is 20.8 Å². The van der Waals surface area contributed by atoms with Crippen molar-refractivity contribution in [1.29, 1.82) is 0 Å². The lowest BCUT2D eigenvalue weighted by Gasteiger charge is -2.17. The van der Waals surface area contributed by atoms with Gasteiger partial charge in [-0.3, -0.25) is 0 Å². The Morgan fingerprint density at radius 2 is 1.56 bits per heavy atom. The van der Waals surface area contributed by atoms with Gasteiger partial charge in [0.1, 0.15) is 5.82 Å². The first kappa shape index (κ1) is 22.0. The van der Waals surface area contributed by atoms with E-state index in [0.29, 0.717) is 16.9 Å². The van der Waals surface area contributed by atoms with Gasteiger partial charge in [-0.15, -0.1) is 5.10 Å². The third-order valence-electron chi connectivity index (χ3n) is 6.00. The van der Waals surface area contributed by atoms with E-state index < -0.39 is 9.84 Å². The Balaban J connectivity index is 1.72. The van der Waals surface area contributed by atoms with E-state index in [9.17, 15) is 8.42 Å². The Bertz CT molecular complexity index is 1620. The maximum absolute atomic E-state index is 13.8. The number of nitrogens with one attached hydrogen (secondary N) is 1. The quantitative estimate of drug-likeness (QED) is 0.379. The number of anilines is 1. The molecule has 5 rings (SSSR count). The van der Waals surface area contributed by atoms with Crippen molar-refractivity contribution in [3.63, 3.8) is 0 Å². The second kappa shape index (κ2) is 8.22. The minimum Gasteiger partial charge on any atom is -0.363 e. The Morgan fingerprint density at radius 3 is 2.26 bits per heavy atom. The number of fused-ring (bicyclic) bond motifs is 3. The van der Waals surface area contributed by atoms with Gasteiger partial charge in [-0.2, -0.15) is 4.52 Å². The molecule has 0 aliphatic heterocycles. The third kappa shape index (κ3) is 3.60. The highest BCUT2D eigenvalue weighted by molar-refractivity contribution is 7.91. The standard InChI is InChI=1S/C26H25N5O2S/c1-16-14-17(2)23(18(3)15-16)34(32,33)26-25-28-24(27-19(4)20-10-6-5-7-11-20)21-12-8-9-13-22(21)31(25)30-29-26/h5-15,19H,1-4H3,(H,27,28). The molecule has 1 unspecified atom stereocenters. The van der Waals surface area contributed by atoms with Gasteiger partial charge >= 0.3 is 0 Å². The summed E-state index contributed by atoms with van der Waals surface area (Å²) >= 11 is 0. The zero-order valence-corrected chi connectivity index (χ0v) is 20.3. The molecular formula is C26H25N5O2S. The van der Waals surface area contributed by atoms with Crippen molar-refractivity contribution >= 4 is 32.2 Å². The third-order valence-corrected chi connectivity index (χ3v) is 7.96. The van der Waals surface area contributed by atoms with Crippen molar-refractivity contribution in [2.45, 2.75) is 43.7 Å². The Morgan fingerprint density at radius 1 is 0.912 bits per heavy atom. The van der Waals surface area contributed by atoms with E-state index in [0.717, 1.165) is 22.0 Å². The average molecular weight is 472 g/mol. The number of aryl methyl sites for hydroxylation is 3. The molecule has 34 heavy (non-hydrogen) atoms. The summed E-state index contributed by atoms with van der Waals surface area (Å²) in [6.07, 6.45) is 0. The molecule has 1 atom stereocenters. The van der Waals surface area contributed by atoms with E-state index in [4.69, 9.17) is 4.98 Å². The number of nitrogens with zero attached hydrogens (tertiary/aromatic N) is 4. The zero-order chi connectivity index (χ0) is 24.0. The first-order valence-corrected chi connectivity index (χ1v) is 12.5. The van der Waals surface area contributed by atoms with E-state index in [-0.39, 0.29) is 21.6 Å². The zero-order valence-electron chi connectivity index (χ0n) is 19.4. The van der Waals surface area contributed by atoms with Crippen LogP contribution in [0.5, 0.6) is 0 Å². The molecule has 0 fully saturated rings. The van der Waals surface area contributed by atoms with Gasteiger partial charge in [0, 0.05) is 11.4 Å². The van der Waals surface area contributed by atoms with Gasteiger partial charge in [0.15, 0.2) is 5.65 Å². The number of hydrogen-bond donors (Lipinski definition) is 1. The Kier molecular flexibility index (Phi) is 5.32. The summed E-state index contributed by atoms with van der Waals surface area (Å²) in [4.78, 5) is 5.00. The van der Waals surface area contributed by atoms with Gasteiger partial charge in [-0.25, -0.2) is 13.4 Å². The van der Waals surface area contributed by atoms with Gasteiger partial charge in [-0.05, 0) is 56.5 Å². The highest BCUT2D eigenvalue weighted by Crippen LogP contribution is 2.32. The minimum absolute atomic E-state index is 0.0444. The Labute approximate surface area is 198 Å². The molecule has 3 aromatic carbocycles. The molecule has 0 saturated carbocycles. The summed E-state index contributed by atoms with van der Waals surface area (Å²) in [5, 5.41) is 12.4. The molecule has 0 radical (unpaired) electrons. The second-order valence-corrected chi connectivity index (χ2v) is 10.4. The number of benzene rings is 3. The van der Waals surface area contributed by atoms with Crippen LogP contribution in [0.2, 0.25) is 0 Å². The van der Waals surface area contributed by atoms with Crippen LogP contribution in [0.15, 0.2) is 76.7 Å². The van der Waals surface area contributed by atoms with E-state index in [1.54, 1.807) is 13.8 Å². The number of hydrogen-bond acceptors (Lipinski definition) is 6. The fourth-order valence-electron chi connectivity index (χ4n) is 4.55. The van der Waals surface area contributed by atoms with Crippen LogP contribution in [0.4, 0.5) is 5.82 Å². The fraction of sp³-hybridized carbons (Fsp3) is 0.192. The van der Waals surface area contributed by atoms with Crippen molar-refractivity contribution in [3.8, 4) is 0 Å². The minimum atomic E-state index is -3.95. The summed E-state index contributed by atoms with van der Waals surface area (Å²) in [5.74, 6) is 0.579. The molecule has 2 heterocycles. The van der Waals surface area contributed by atoms with Crippen molar-refractivity contribution in [3.05, 3.63) is 89.0 Å². The first-order valence-electron chi connectivity index (χ1n) is 11.1. The molecule has 0 spiro atoms. The fourth-order valence-corrected chi connectivity index (χ4v) is 6.22. The van der Waals surface area contributed by atoms with Crippen LogP contribution in [-0.2, 0) is 9.84 Å². The molecule has 0 amide bonds. The van der Waals surface area contributed by atoms with E-state index in [1.165, 1.54) is 4.52 Å². The molecule has 0 aliphatic rings. The highest BCUT2D eigenvalue weighted by Gasteiger charge is 2.30. The lowest BCUT2D eigenvalue weighted by atomic mass is 10.1. The SMILES string of the molecule is Cc1cc(C)c(S(=O)(=O)c2nnn3c2nc(NC(C)c2ccccc2)c2ccccc23)c(C)c1. The average Bonchev–Trinajstić information content (AvgIpc) is 3.24. The summed E-state index contributed by atoms with van der Waals surface area (Å²) in [7, 11) is -3.95. The maximum atomic E-state index is 13.8. The van der Waals surface area contributed by atoms with Crippen molar-refractivity contribution in [2.75, 3.05) is 5.32 Å². The molecule has 2 aromatic heterocycles. The molecule has 7 nitrogen and oxygen atoms in total. The predicted molar refractivity (Wildman–Crippen MR) is 133 cm³/mol. The summed E-state index contributed by atoms with van der Waals surface area (Å²) in [6, 6.07) is 21.3. The van der Waals surface area contributed by atoms with Gasteiger partial charge in [0.2, 0.25) is 14.9 Å². The van der Waals surface area contributed by atoms with Crippen LogP contribution in [0.3, 0.4) is 0 Å². The number of rotatable bonds is 5. The normalized spacial score (nSPS) is 12.8. The van der Waals surface area contributed by atoms with Crippen LogP contribution < -0.4 is 5.32 Å². The van der Waals surface area contributed by atoms with Gasteiger partial charge in [0.05, 0.1) is 10.4 Å². The first-order chi connectivity index (χ1) is 16.3. The van der Waals surface area contributed by atoms with Crippen LogP contribution in [0.25, 0.3) is 16.6 Å². The highest BCUT2D eigenvalue weighted by atomic mass is 32.2. The largest absolute Gasteiger partial charge is 0.363 e. The van der Waals surface area contributed by atoms with Crippen molar-refractivity contribution in [2.24, 2.45) is 0 Å². The summed E-state index contributed by atoms with van der Waals surface area (Å²) in [6.45, 7) is 7.59. The summed E-state index contributed by atoms with van der Waals surface area (Å²) < 4.78 is 29.1. The smallest absolute Gasteiger partial charge is 0.230 e. The second-order valence-electron chi connectivity index (χ2n) is 8.62. The van der Waals surface area contributed by atoms with Gasteiger partial charge < -0.3 is 5.32 Å². The van der Waals surface area contributed by atoms with Crippen molar-refractivity contribution < 1.29 is 8.42 Å². The maximum Gasteiger partial charge on any atom is 0.230 e. The molecule has 1 N–H and O–H groups in total. The van der Waals surface area contributed by atoms with E-state index in [2.05, 4.69) is 15.6 Å². The molecule has 172 valence electrons. The van der Waals surface area contributed by atoms with Crippen molar-refractivity contribution in [1.82, 2.24) is 19.8 Å². The predicted octanol–water partition coefficient (Wildman–Crippen LogP) is 5.21. The van der Waals surface area contributed by atoms with E-state index >= 15 is 0 Å². The Hall–Kier alpha value is -3.78. The number of sulfone groups is 1. The number of aromatic nitrogens is 4. The van der Waals surface area contributed by atoms with Crippen LogP contribution in [-0.4, -0.2) is 28.2 Å². The van der Waals surface area contributed by atoms with E-state index in [1.807, 2.05) is 80.6 Å². The molecule has 8 heteroatoms. The van der Waals surface area contributed by atoms with Crippen LogP contribution in [0.1, 0.15) is 35.2 Å². The molecule has 0 aliphatic carbocycles. The van der Waals surface area contributed by atoms with Gasteiger partial charge in [-0.1, -0.05) is 65.4 Å². The lowest BCUT2D eigenvalue weighted by Crippen LogP contribution is -2.11. The van der Waals surface area contributed by atoms with Gasteiger partial charge in [0.25, 0.3) is 0 Å². The topological polar surface area (TPSA) is 89.2 Å². The number of para-hydroxylation sites is 1. The monoisotopic (exact) mass is 471 g/mol.